The highest BCUT2D eigenvalue weighted by Gasteiger charge is 2.29. The molecule has 0 unspecified atom stereocenters. The van der Waals surface area contributed by atoms with E-state index >= 15 is 0 Å². The van der Waals surface area contributed by atoms with E-state index in [9.17, 15) is 4.79 Å². The summed E-state index contributed by atoms with van der Waals surface area (Å²) < 4.78 is 0. The van der Waals surface area contributed by atoms with Crippen molar-refractivity contribution in [3.63, 3.8) is 0 Å². The lowest BCUT2D eigenvalue weighted by molar-refractivity contribution is 0.0905. The van der Waals surface area contributed by atoms with Gasteiger partial charge >= 0.3 is 0 Å². The monoisotopic (exact) mass is 311 g/mol. The van der Waals surface area contributed by atoms with Gasteiger partial charge in [0, 0.05) is 18.2 Å². The largest absolute Gasteiger partial charge is 0.348 e. The van der Waals surface area contributed by atoms with E-state index in [1.165, 1.54) is 0 Å². The van der Waals surface area contributed by atoms with Crippen molar-refractivity contribution in [2.75, 3.05) is 0 Å². The lowest BCUT2D eigenvalue weighted by Crippen LogP contribution is -2.43. The lowest BCUT2D eigenvalue weighted by Gasteiger charge is -2.29. The van der Waals surface area contributed by atoms with Gasteiger partial charge in [-0.2, -0.15) is 5.26 Å². The first-order valence-electron chi connectivity index (χ1n) is 7.92. The fourth-order valence-electron chi connectivity index (χ4n) is 2.55. The highest BCUT2D eigenvalue weighted by Crippen LogP contribution is 2.39. The van der Waals surface area contributed by atoms with Crippen molar-refractivity contribution in [2.45, 2.75) is 52.0 Å². The van der Waals surface area contributed by atoms with E-state index in [4.69, 9.17) is 5.26 Å². The van der Waals surface area contributed by atoms with Crippen molar-refractivity contribution in [3.8, 4) is 6.07 Å². The molecule has 0 spiro atoms. The number of nitriles is 1. The number of hydrogen-bond acceptors (Lipinski definition) is 4. The van der Waals surface area contributed by atoms with E-state index in [2.05, 4.69) is 26.3 Å². The number of aromatic amines is 1. The van der Waals surface area contributed by atoms with Gasteiger partial charge in [-0.25, -0.2) is 9.97 Å². The molecule has 2 N–H and O–H groups in total. The van der Waals surface area contributed by atoms with Crippen molar-refractivity contribution in [2.24, 2.45) is 5.41 Å². The van der Waals surface area contributed by atoms with Crippen LogP contribution in [0.25, 0.3) is 11.2 Å². The lowest BCUT2D eigenvalue weighted by atomic mass is 9.85. The van der Waals surface area contributed by atoms with Gasteiger partial charge in [0.15, 0.2) is 5.65 Å². The Labute approximate surface area is 135 Å². The Bertz CT molecular complexity index is 776. The van der Waals surface area contributed by atoms with Crippen LogP contribution in [0.2, 0.25) is 0 Å². The zero-order valence-electron chi connectivity index (χ0n) is 13.7. The van der Waals surface area contributed by atoms with E-state index in [0.29, 0.717) is 22.6 Å². The smallest absolute Gasteiger partial charge is 0.255 e. The molecule has 0 aliphatic heterocycles. The average Bonchev–Trinajstić information content (AvgIpc) is 3.25. The Morgan fingerprint density at radius 3 is 2.87 bits per heavy atom. The maximum Gasteiger partial charge on any atom is 0.255 e. The second-order valence-electron chi connectivity index (χ2n) is 7.22. The first kappa shape index (κ1) is 15.5. The minimum atomic E-state index is -0.218. The van der Waals surface area contributed by atoms with E-state index in [-0.39, 0.29) is 23.8 Å². The van der Waals surface area contributed by atoms with Gasteiger partial charge in [-0.1, -0.05) is 20.8 Å². The van der Waals surface area contributed by atoms with Crippen molar-refractivity contribution in [1.82, 2.24) is 20.3 Å². The molecule has 120 valence electrons. The molecule has 2 aromatic rings. The summed E-state index contributed by atoms with van der Waals surface area (Å²) in [4.78, 5) is 24.6. The van der Waals surface area contributed by atoms with Gasteiger partial charge in [0.25, 0.3) is 5.91 Å². The standard InChI is InChI=1S/C17H21N5O/c1-17(2,3)13(6-7-18)22-16(23)11-8-19-15-14(11)21-12(9-20-15)10-4-5-10/h8-10,13H,4-6H2,1-3H3,(H,19,20)(H,22,23)/t13-/m1/s1. The maximum absolute atomic E-state index is 12.6. The average molecular weight is 311 g/mol. The molecule has 1 saturated carbocycles. The van der Waals surface area contributed by atoms with Crippen LogP contribution in [0.4, 0.5) is 0 Å². The van der Waals surface area contributed by atoms with E-state index in [1.807, 2.05) is 20.8 Å². The molecule has 1 aliphatic carbocycles. The highest BCUT2D eigenvalue weighted by molar-refractivity contribution is 6.04. The number of aromatic nitrogens is 3. The molecule has 2 heterocycles. The number of nitrogens with zero attached hydrogens (tertiary/aromatic N) is 3. The van der Waals surface area contributed by atoms with Crippen LogP contribution >= 0.6 is 0 Å². The number of amides is 1. The molecule has 0 bridgehead atoms. The van der Waals surface area contributed by atoms with E-state index in [0.717, 1.165) is 18.5 Å². The zero-order chi connectivity index (χ0) is 16.6. The normalized spacial score (nSPS) is 16.1. The number of H-pyrrole nitrogens is 1. The van der Waals surface area contributed by atoms with E-state index < -0.39 is 0 Å². The molecule has 1 atom stereocenters. The molecule has 1 fully saturated rings. The number of hydrogen-bond donors (Lipinski definition) is 2. The molecule has 2 aromatic heterocycles. The Morgan fingerprint density at radius 1 is 1.52 bits per heavy atom. The van der Waals surface area contributed by atoms with Crippen molar-refractivity contribution < 1.29 is 4.79 Å². The first-order valence-corrected chi connectivity index (χ1v) is 7.92. The molecular weight excluding hydrogens is 290 g/mol. The van der Waals surface area contributed by atoms with Crippen LogP contribution in [0, 0.1) is 16.7 Å². The van der Waals surface area contributed by atoms with Crippen LogP contribution < -0.4 is 5.32 Å². The summed E-state index contributed by atoms with van der Waals surface area (Å²) in [5.74, 6) is 0.271. The molecule has 1 aliphatic rings. The zero-order valence-corrected chi connectivity index (χ0v) is 13.7. The predicted octanol–water partition coefficient (Wildman–Crippen LogP) is 2.89. The number of carbonyl (C=O) groups excluding carboxylic acids is 1. The van der Waals surface area contributed by atoms with Crippen LogP contribution in [-0.4, -0.2) is 26.9 Å². The minimum Gasteiger partial charge on any atom is -0.348 e. The number of fused-ring (bicyclic) bond motifs is 1. The van der Waals surface area contributed by atoms with E-state index in [1.54, 1.807) is 12.4 Å². The third kappa shape index (κ3) is 3.19. The molecule has 6 nitrogen and oxygen atoms in total. The third-order valence-electron chi connectivity index (χ3n) is 4.29. The van der Waals surface area contributed by atoms with Gasteiger partial charge in [0.05, 0.1) is 29.9 Å². The quantitative estimate of drug-likeness (QED) is 0.907. The fourth-order valence-corrected chi connectivity index (χ4v) is 2.55. The van der Waals surface area contributed by atoms with Crippen molar-refractivity contribution in [3.05, 3.63) is 23.7 Å². The second-order valence-corrected chi connectivity index (χ2v) is 7.22. The van der Waals surface area contributed by atoms with Crippen LogP contribution in [-0.2, 0) is 0 Å². The Kier molecular flexibility index (Phi) is 3.80. The second kappa shape index (κ2) is 5.65. The van der Waals surface area contributed by atoms with Crippen LogP contribution in [0.5, 0.6) is 0 Å². The van der Waals surface area contributed by atoms with Gasteiger partial charge in [0.1, 0.15) is 5.52 Å². The summed E-state index contributed by atoms with van der Waals surface area (Å²) >= 11 is 0. The summed E-state index contributed by atoms with van der Waals surface area (Å²) in [7, 11) is 0. The summed E-state index contributed by atoms with van der Waals surface area (Å²) in [6, 6.07) is 1.93. The molecule has 0 radical (unpaired) electrons. The van der Waals surface area contributed by atoms with Gasteiger partial charge in [-0.15, -0.1) is 0 Å². The van der Waals surface area contributed by atoms with Crippen LogP contribution in [0.3, 0.4) is 0 Å². The molecule has 6 heteroatoms. The minimum absolute atomic E-state index is 0.192. The summed E-state index contributed by atoms with van der Waals surface area (Å²) in [6.45, 7) is 6.03. The molecule has 3 rings (SSSR count). The summed E-state index contributed by atoms with van der Waals surface area (Å²) in [5.41, 5.74) is 2.48. The summed E-state index contributed by atoms with van der Waals surface area (Å²) in [5, 5.41) is 12.0. The maximum atomic E-state index is 12.6. The third-order valence-corrected chi connectivity index (χ3v) is 4.29. The molecule has 0 saturated heterocycles. The highest BCUT2D eigenvalue weighted by atomic mass is 16.1. The van der Waals surface area contributed by atoms with Gasteiger partial charge in [0.2, 0.25) is 0 Å². The van der Waals surface area contributed by atoms with Gasteiger partial charge < -0.3 is 10.3 Å². The molecule has 1 amide bonds. The first-order chi connectivity index (χ1) is 10.9. The number of carbonyl (C=O) groups is 1. The molecule has 0 aromatic carbocycles. The number of rotatable bonds is 4. The van der Waals surface area contributed by atoms with Gasteiger partial charge in [-0.05, 0) is 18.3 Å². The Hall–Kier alpha value is -2.42. The molecular formula is C17H21N5O. The van der Waals surface area contributed by atoms with Crippen molar-refractivity contribution >= 4 is 17.1 Å². The number of nitrogens with one attached hydrogen (secondary N) is 2. The predicted molar refractivity (Wildman–Crippen MR) is 86.8 cm³/mol. The SMILES string of the molecule is CC(C)(C)[C@@H](CC#N)NC(=O)c1c[nH]c2ncc(C3CC3)nc12. The van der Waals surface area contributed by atoms with Crippen LogP contribution in [0.1, 0.15) is 62.0 Å². The topological polar surface area (TPSA) is 94.5 Å². The summed E-state index contributed by atoms with van der Waals surface area (Å²) in [6.07, 6.45) is 5.98. The molecule has 23 heavy (non-hydrogen) atoms. The van der Waals surface area contributed by atoms with Gasteiger partial charge in [-0.3, -0.25) is 4.79 Å². The Morgan fingerprint density at radius 2 is 2.26 bits per heavy atom. The Balaban J connectivity index is 1.88. The fraction of sp³-hybridized carbons (Fsp3) is 0.529. The van der Waals surface area contributed by atoms with Crippen LogP contribution in [0.15, 0.2) is 12.4 Å². The van der Waals surface area contributed by atoms with Crippen molar-refractivity contribution in [1.29, 1.82) is 5.26 Å².